The molecule has 0 bridgehead atoms. The Morgan fingerprint density at radius 3 is 1.42 bits per heavy atom. The first-order valence-electron chi connectivity index (χ1n) is 12.0. The molecule has 0 saturated carbocycles. The monoisotopic (exact) mass is 606 g/mol. The van der Waals surface area contributed by atoms with Gasteiger partial charge in [0.2, 0.25) is 31.8 Å². The maximum absolute atomic E-state index is 12.8. The fraction of sp³-hybridized carbons (Fsp3) is 0.522. The molecule has 0 atom stereocenters. The molecule has 2 aliphatic heterocycles. The number of ketones is 1. The molecule has 2 aliphatic rings. The summed E-state index contributed by atoms with van der Waals surface area (Å²) in [5.74, 6) is -1.80. The van der Waals surface area contributed by atoms with E-state index in [0.29, 0.717) is 47.5 Å². The first-order valence-corrected chi connectivity index (χ1v) is 16.0. The van der Waals surface area contributed by atoms with Gasteiger partial charge in [-0.3, -0.25) is 4.79 Å². The number of piperidine rings is 2. The van der Waals surface area contributed by atoms with Crippen LogP contribution in [0.4, 0.5) is 0 Å². The van der Waals surface area contributed by atoms with Gasteiger partial charge in [0.15, 0.2) is 5.78 Å². The minimum atomic E-state index is -3.96. The lowest BCUT2D eigenvalue weighted by Gasteiger charge is -2.31. The number of hydrogen-bond donors (Lipinski definition) is 0. The first kappa shape index (κ1) is 29.0. The van der Waals surface area contributed by atoms with Crippen molar-refractivity contribution in [1.82, 2.24) is 18.6 Å². The molecule has 4 heterocycles. The van der Waals surface area contributed by atoms with Gasteiger partial charge in [0, 0.05) is 50.7 Å². The van der Waals surface area contributed by atoms with Crippen molar-refractivity contribution in [1.29, 1.82) is 0 Å². The minimum absolute atomic E-state index is 0.163. The third kappa shape index (κ3) is 7.99. The summed E-state index contributed by atoms with van der Waals surface area (Å²) >= 11 is 11.6. The van der Waals surface area contributed by atoms with Crippen molar-refractivity contribution < 1.29 is 31.1 Å². The summed E-state index contributed by atoms with van der Waals surface area (Å²) in [5.41, 5.74) is 0. The fourth-order valence-electron chi connectivity index (χ4n) is 4.29. The van der Waals surface area contributed by atoms with Crippen LogP contribution in [0, 0.1) is 0 Å². The third-order valence-corrected chi connectivity index (χ3v) is 10.4. The Bertz CT molecular complexity index is 1210. The maximum atomic E-state index is 12.8. The Kier molecular flexibility index (Phi) is 9.48. The summed E-state index contributed by atoms with van der Waals surface area (Å²) in [6.45, 7) is 0.653. The number of halogens is 2. The van der Waals surface area contributed by atoms with Crippen LogP contribution >= 0.6 is 23.2 Å². The van der Waals surface area contributed by atoms with Crippen LogP contribution in [0.5, 0.6) is 11.8 Å². The first-order chi connectivity index (χ1) is 18.0. The summed E-state index contributed by atoms with van der Waals surface area (Å²) in [6.07, 6.45) is 4.13. The van der Waals surface area contributed by atoms with Crippen LogP contribution in [0.1, 0.15) is 25.7 Å². The summed E-state index contributed by atoms with van der Waals surface area (Å²) in [5, 5.41) is 0.963. The topological polar surface area (TPSA) is 136 Å². The van der Waals surface area contributed by atoms with Crippen LogP contribution in [0.25, 0.3) is 0 Å². The van der Waals surface area contributed by atoms with E-state index in [4.69, 9.17) is 32.7 Å². The van der Waals surface area contributed by atoms with Crippen molar-refractivity contribution in [2.24, 2.45) is 0 Å². The van der Waals surface area contributed by atoms with Crippen molar-refractivity contribution in [2.45, 2.75) is 37.9 Å². The van der Waals surface area contributed by atoms with Crippen LogP contribution < -0.4 is 9.47 Å². The molecule has 208 valence electrons. The number of pyridine rings is 2. The summed E-state index contributed by atoms with van der Waals surface area (Å²) in [6, 6.07) is 6.57. The van der Waals surface area contributed by atoms with Gasteiger partial charge in [0.1, 0.15) is 23.7 Å². The Balaban J connectivity index is 1.22. The molecule has 11 nitrogen and oxygen atoms in total. The molecule has 0 unspecified atom stereocenters. The lowest BCUT2D eigenvalue weighted by atomic mass is 10.1. The van der Waals surface area contributed by atoms with E-state index in [2.05, 4.69) is 9.97 Å². The average molecular weight is 608 g/mol. The van der Waals surface area contributed by atoms with Gasteiger partial charge < -0.3 is 9.47 Å². The van der Waals surface area contributed by atoms with Crippen LogP contribution in [-0.2, 0) is 24.8 Å². The van der Waals surface area contributed by atoms with E-state index in [1.807, 2.05) is 0 Å². The normalized spacial score (nSPS) is 18.8. The number of hydrogen-bond acceptors (Lipinski definition) is 9. The molecule has 0 radical (unpaired) electrons. The zero-order valence-electron chi connectivity index (χ0n) is 20.4. The van der Waals surface area contributed by atoms with Crippen molar-refractivity contribution in [2.75, 3.05) is 37.7 Å². The zero-order chi connectivity index (χ0) is 27.3. The Labute approximate surface area is 232 Å². The van der Waals surface area contributed by atoms with E-state index < -0.39 is 37.3 Å². The summed E-state index contributed by atoms with van der Waals surface area (Å²) in [4.78, 5) is 20.7. The number of nitrogens with zero attached hydrogens (tertiary/aromatic N) is 4. The largest absolute Gasteiger partial charge is 0.474 e. The average Bonchev–Trinajstić information content (AvgIpc) is 2.87. The Morgan fingerprint density at radius 1 is 0.737 bits per heavy atom. The van der Waals surface area contributed by atoms with Gasteiger partial charge in [0.25, 0.3) is 0 Å². The van der Waals surface area contributed by atoms with Crippen LogP contribution in [0.2, 0.25) is 10.0 Å². The van der Waals surface area contributed by atoms with E-state index in [0.717, 1.165) is 0 Å². The number of rotatable bonds is 10. The number of aromatic nitrogens is 2. The van der Waals surface area contributed by atoms with E-state index in [-0.39, 0.29) is 38.4 Å². The summed E-state index contributed by atoms with van der Waals surface area (Å²) in [7, 11) is -7.92. The molecule has 2 saturated heterocycles. The highest BCUT2D eigenvalue weighted by Gasteiger charge is 2.34. The van der Waals surface area contributed by atoms with Crippen LogP contribution in [-0.4, -0.2) is 91.1 Å². The number of Topliss-reactive ketones (excluding diaryl/α,β-unsaturated/α-hetero) is 1. The van der Waals surface area contributed by atoms with Crippen LogP contribution in [0.3, 0.4) is 0 Å². The number of carbonyl (C=O) groups is 1. The van der Waals surface area contributed by atoms with Crippen molar-refractivity contribution in [3.63, 3.8) is 0 Å². The second kappa shape index (κ2) is 12.4. The molecular weight excluding hydrogens is 579 g/mol. The zero-order valence-corrected chi connectivity index (χ0v) is 23.6. The molecule has 0 aromatic carbocycles. The number of carbonyl (C=O) groups excluding carboxylic acids is 1. The van der Waals surface area contributed by atoms with Gasteiger partial charge in [-0.2, -0.15) is 0 Å². The van der Waals surface area contributed by atoms with Crippen molar-refractivity contribution in [3.8, 4) is 11.8 Å². The van der Waals surface area contributed by atoms with Gasteiger partial charge in [0.05, 0.1) is 10.0 Å². The lowest BCUT2D eigenvalue weighted by Crippen LogP contribution is -2.46. The van der Waals surface area contributed by atoms with E-state index in [1.165, 1.54) is 21.0 Å². The third-order valence-electron chi connectivity index (χ3n) is 6.25. The molecule has 38 heavy (non-hydrogen) atoms. The molecule has 2 aromatic rings. The molecular formula is C23H28Cl2N4O7S2. The molecule has 0 amide bonds. The molecule has 4 rings (SSSR count). The molecule has 0 spiro atoms. The van der Waals surface area contributed by atoms with Gasteiger partial charge in [-0.05, 0) is 37.8 Å². The SMILES string of the molecule is O=C(CS(=O)(=O)N1CCC(Oc2ccc(Cl)cn2)CC1)CS(=O)(=O)N1CCC(Oc2ccc(Cl)cn2)CC1. The fourth-order valence-corrected chi connectivity index (χ4v) is 7.56. The molecule has 0 aliphatic carbocycles. The smallest absolute Gasteiger partial charge is 0.221 e. The van der Waals surface area contributed by atoms with Gasteiger partial charge in [-0.25, -0.2) is 35.4 Å². The van der Waals surface area contributed by atoms with Crippen molar-refractivity contribution >= 4 is 49.0 Å². The van der Waals surface area contributed by atoms with Gasteiger partial charge >= 0.3 is 0 Å². The van der Waals surface area contributed by atoms with E-state index in [1.54, 1.807) is 24.3 Å². The van der Waals surface area contributed by atoms with Crippen LogP contribution in [0.15, 0.2) is 36.7 Å². The van der Waals surface area contributed by atoms with E-state index >= 15 is 0 Å². The standard InChI is InChI=1S/C23H28Cl2N4O7S2/c24-17-1-3-22(26-13-17)35-20-5-9-28(10-6-20)37(31,32)15-19(30)16-38(33,34)29-11-7-21(8-12-29)36-23-4-2-18(25)14-27-23/h1-4,13-14,20-21H,5-12,15-16H2. The highest BCUT2D eigenvalue weighted by Crippen LogP contribution is 2.22. The maximum Gasteiger partial charge on any atom is 0.221 e. The molecule has 2 aromatic heterocycles. The van der Waals surface area contributed by atoms with E-state index in [9.17, 15) is 21.6 Å². The predicted molar refractivity (Wildman–Crippen MR) is 142 cm³/mol. The molecule has 2 fully saturated rings. The minimum Gasteiger partial charge on any atom is -0.474 e. The lowest BCUT2D eigenvalue weighted by molar-refractivity contribution is -0.114. The van der Waals surface area contributed by atoms with Gasteiger partial charge in [-0.1, -0.05) is 23.2 Å². The second-order valence-electron chi connectivity index (χ2n) is 9.11. The quantitative estimate of drug-likeness (QED) is 0.399. The Hall–Kier alpha value is -2.03. The second-order valence-corrected chi connectivity index (χ2v) is 13.9. The highest BCUT2D eigenvalue weighted by molar-refractivity contribution is 7.91. The number of ether oxygens (including phenoxy) is 2. The predicted octanol–water partition coefficient (Wildman–Crippen LogP) is 2.40. The highest BCUT2D eigenvalue weighted by atomic mass is 35.5. The molecule has 0 N–H and O–H groups in total. The summed E-state index contributed by atoms with van der Waals surface area (Å²) < 4.78 is 65.1. The Morgan fingerprint density at radius 2 is 1.11 bits per heavy atom. The van der Waals surface area contributed by atoms with Gasteiger partial charge in [-0.15, -0.1) is 0 Å². The molecule has 15 heteroatoms. The van der Waals surface area contributed by atoms with Crippen molar-refractivity contribution in [3.05, 3.63) is 46.7 Å². The number of sulfonamides is 2.